The summed E-state index contributed by atoms with van der Waals surface area (Å²) in [7, 11) is 0. The van der Waals surface area contributed by atoms with E-state index in [0.29, 0.717) is 0 Å². The molecule has 0 saturated heterocycles. The molecule has 0 aromatic heterocycles. The summed E-state index contributed by atoms with van der Waals surface area (Å²) in [5.41, 5.74) is 0. The van der Waals surface area contributed by atoms with Crippen LogP contribution in [0.2, 0.25) is 0 Å². The van der Waals surface area contributed by atoms with Gasteiger partial charge in [-0.15, -0.1) is 0 Å². The molecule has 4 heteroatoms. The van der Waals surface area contributed by atoms with Gasteiger partial charge in [0.15, 0.2) is 0 Å². The zero-order chi connectivity index (χ0) is 0. The largest absolute Gasteiger partial charge is 0 e. The van der Waals surface area contributed by atoms with Gasteiger partial charge in [0.2, 0.25) is 0 Å². The quantitative estimate of drug-likeness (QED) is 0.496. The Balaban J connectivity index is 0. The van der Waals surface area contributed by atoms with Crippen molar-refractivity contribution in [2.24, 2.45) is 0 Å². The Morgan fingerprint density at radius 3 is 0.500 bits per heavy atom. The molecule has 0 N–H and O–H groups in total. The van der Waals surface area contributed by atoms with E-state index in [1.54, 1.807) is 0 Å². The fourth-order valence-electron chi connectivity index (χ4n) is 0. The van der Waals surface area contributed by atoms with Crippen molar-refractivity contribution in [2.75, 3.05) is 0 Å². The van der Waals surface area contributed by atoms with Crippen molar-refractivity contribution in [1.82, 2.24) is 0 Å². The Kier molecular flexibility index (Phi) is 138. The molecule has 0 rings (SSSR count). The third-order valence-corrected chi connectivity index (χ3v) is 0. The molecule has 0 amide bonds. The molecule has 0 spiro atoms. The van der Waals surface area contributed by atoms with E-state index >= 15 is 0 Å². The van der Waals surface area contributed by atoms with Gasteiger partial charge in [-0.25, -0.2) is 0 Å². The SMILES string of the molecule is [Ga].[Ga].[Ga].[Rh]. The standard InChI is InChI=1S/3Ga.Rh. The van der Waals surface area contributed by atoms with Gasteiger partial charge in [-0.1, -0.05) is 0 Å². The van der Waals surface area contributed by atoms with Crippen LogP contribution in [-0.4, -0.2) is 59.4 Å². The molecule has 0 bridgehead atoms. The van der Waals surface area contributed by atoms with E-state index in [1.807, 2.05) is 0 Å². The molecule has 0 nitrogen and oxygen atoms in total. The summed E-state index contributed by atoms with van der Waals surface area (Å²) in [4.78, 5) is 0. The molecule has 0 aromatic rings. The molecule has 0 aliphatic carbocycles. The first-order chi connectivity index (χ1) is 0. The Morgan fingerprint density at radius 2 is 0.500 bits per heavy atom. The summed E-state index contributed by atoms with van der Waals surface area (Å²) < 4.78 is 0. The molecule has 18 valence electrons. The van der Waals surface area contributed by atoms with Gasteiger partial charge in [0.05, 0.1) is 0 Å². The zero-order valence-electron chi connectivity index (χ0n) is 2.07. The van der Waals surface area contributed by atoms with Crippen molar-refractivity contribution in [3.8, 4) is 0 Å². The van der Waals surface area contributed by atoms with E-state index < -0.39 is 0 Å². The van der Waals surface area contributed by atoms with Crippen LogP contribution in [0, 0.1) is 0 Å². The Labute approximate surface area is 77.8 Å². The molecule has 0 fully saturated rings. The number of hydrogen-bond acceptors (Lipinski definition) is 0. The summed E-state index contributed by atoms with van der Waals surface area (Å²) in [6.07, 6.45) is 0. The van der Waals surface area contributed by atoms with E-state index in [9.17, 15) is 0 Å². The van der Waals surface area contributed by atoms with E-state index in [2.05, 4.69) is 0 Å². The van der Waals surface area contributed by atoms with E-state index in [4.69, 9.17) is 0 Å². The van der Waals surface area contributed by atoms with Gasteiger partial charge < -0.3 is 0 Å². The molecule has 0 atom stereocenters. The van der Waals surface area contributed by atoms with Crippen LogP contribution in [0.15, 0.2) is 0 Å². The second-order valence-electron chi connectivity index (χ2n) is 0. The predicted octanol–water partition coefficient (Wildman–Crippen LogP) is -1.14. The maximum Gasteiger partial charge on any atom is 0 e. The average molecular weight is 312 g/mol. The topological polar surface area (TPSA) is 0 Å². The van der Waals surface area contributed by atoms with Crippen molar-refractivity contribution < 1.29 is 19.5 Å². The number of rotatable bonds is 0. The molecular formula is Ga3Rh. The summed E-state index contributed by atoms with van der Waals surface area (Å²) in [5, 5.41) is 0. The molecule has 0 aliphatic rings. The molecule has 0 saturated carbocycles. The van der Waals surface area contributed by atoms with Crippen LogP contribution in [0.3, 0.4) is 0 Å². The molecule has 10 radical (unpaired) electrons. The van der Waals surface area contributed by atoms with Crippen LogP contribution in [0.5, 0.6) is 0 Å². The van der Waals surface area contributed by atoms with Crippen molar-refractivity contribution in [2.45, 2.75) is 0 Å². The second-order valence-corrected chi connectivity index (χ2v) is 0. The van der Waals surface area contributed by atoms with Crippen molar-refractivity contribution in [3.05, 3.63) is 0 Å². The van der Waals surface area contributed by atoms with Crippen LogP contribution in [0.4, 0.5) is 0 Å². The van der Waals surface area contributed by atoms with Crippen molar-refractivity contribution in [1.29, 1.82) is 0 Å². The fraction of sp³-hybridized carbons (Fsp3) is 0. The molecule has 0 aromatic carbocycles. The summed E-state index contributed by atoms with van der Waals surface area (Å²) in [6.45, 7) is 0. The normalized spacial score (nSPS) is 0. The zero-order valence-corrected chi connectivity index (χ0v) is 11.0. The van der Waals surface area contributed by atoms with Gasteiger partial charge in [-0.05, 0) is 0 Å². The summed E-state index contributed by atoms with van der Waals surface area (Å²) >= 11 is 0. The Bertz CT molecular complexity index is 3.25. The van der Waals surface area contributed by atoms with E-state index in [0.717, 1.165) is 0 Å². The van der Waals surface area contributed by atoms with Gasteiger partial charge in [0, 0.05) is 78.8 Å². The van der Waals surface area contributed by atoms with E-state index in [-0.39, 0.29) is 78.8 Å². The third-order valence-electron chi connectivity index (χ3n) is 0. The third kappa shape index (κ3) is 8.82. The maximum absolute atomic E-state index is 0. The van der Waals surface area contributed by atoms with Gasteiger partial charge in [-0.2, -0.15) is 0 Å². The first-order valence-electron chi connectivity index (χ1n) is 0. The second kappa shape index (κ2) is 17.7. The molecule has 0 aliphatic heterocycles. The minimum atomic E-state index is 0. The smallest absolute Gasteiger partial charge is 0 e. The summed E-state index contributed by atoms with van der Waals surface area (Å²) in [6, 6.07) is 0. The molecule has 0 unspecified atom stereocenters. The fourth-order valence-corrected chi connectivity index (χ4v) is 0. The first-order valence-corrected chi connectivity index (χ1v) is 0. The van der Waals surface area contributed by atoms with Crippen LogP contribution in [0.25, 0.3) is 0 Å². The maximum atomic E-state index is 0. The van der Waals surface area contributed by atoms with Crippen molar-refractivity contribution in [3.63, 3.8) is 0 Å². The minimum Gasteiger partial charge on any atom is 0 e. The predicted molar refractivity (Wildman–Crippen MR) is 17.3 cm³/mol. The summed E-state index contributed by atoms with van der Waals surface area (Å²) in [5.74, 6) is 0. The Hall–Kier alpha value is 2.53. The Morgan fingerprint density at radius 1 is 0.500 bits per heavy atom. The van der Waals surface area contributed by atoms with E-state index in [1.165, 1.54) is 0 Å². The number of hydrogen-bond donors (Lipinski definition) is 0. The van der Waals surface area contributed by atoms with Crippen LogP contribution >= 0.6 is 0 Å². The minimum absolute atomic E-state index is 0. The van der Waals surface area contributed by atoms with Crippen LogP contribution < -0.4 is 0 Å². The van der Waals surface area contributed by atoms with Gasteiger partial charge in [0.1, 0.15) is 0 Å². The van der Waals surface area contributed by atoms with Gasteiger partial charge in [-0.3, -0.25) is 0 Å². The van der Waals surface area contributed by atoms with Gasteiger partial charge in [0.25, 0.3) is 0 Å². The monoisotopic (exact) mass is 310 g/mol. The van der Waals surface area contributed by atoms with Crippen molar-refractivity contribution >= 4 is 59.4 Å². The molecular weight excluding hydrogens is 312 g/mol. The molecule has 0 heterocycles. The van der Waals surface area contributed by atoms with Crippen LogP contribution in [-0.2, 0) is 19.5 Å². The average Bonchev–Trinajstić information content (AvgIpc) is 0. The van der Waals surface area contributed by atoms with Gasteiger partial charge >= 0.3 is 0 Å². The molecule has 4 heavy (non-hydrogen) atoms. The first kappa shape index (κ1) is 31.2. The van der Waals surface area contributed by atoms with Crippen LogP contribution in [0.1, 0.15) is 0 Å².